The predicted molar refractivity (Wildman–Crippen MR) is 126 cm³/mol. The van der Waals surface area contributed by atoms with Crippen LogP contribution in [0, 0.1) is 5.41 Å². The van der Waals surface area contributed by atoms with Crippen molar-refractivity contribution < 1.29 is 24.8 Å². The fraction of sp³-hybridized carbons (Fsp3) is 0.346. The van der Waals surface area contributed by atoms with Crippen LogP contribution >= 0.6 is 0 Å². The molecule has 1 aliphatic heterocycles. The van der Waals surface area contributed by atoms with E-state index >= 15 is 0 Å². The first-order chi connectivity index (χ1) is 16.0. The van der Waals surface area contributed by atoms with Gasteiger partial charge in [0.1, 0.15) is 24.3 Å². The fourth-order valence-electron chi connectivity index (χ4n) is 3.77. The molecule has 0 amide bonds. The van der Waals surface area contributed by atoms with Gasteiger partial charge in [-0.05, 0) is 35.7 Å². The van der Waals surface area contributed by atoms with E-state index in [1.54, 1.807) is 23.9 Å². The average Bonchev–Trinajstić information content (AvgIpc) is 3.30. The van der Waals surface area contributed by atoms with Gasteiger partial charge in [0.2, 0.25) is 0 Å². The van der Waals surface area contributed by atoms with Crippen LogP contribution in [0.1, 0.15) is 30.5 Å². The lowest BCUT2D eigenvalue weighted by Gasteiger charge is -2.39. The molecule has 174 valence electrons. The predicted octanol–water partition coefficient (Wildman–Crippen LogP) is 3.24. The van der Waals surface area contributed by atoms with Gasteiger partial charge in [0.25, 0.3) is 0 Å². The van der Waals surface area contributed by atoms with Crippen molar-refractivity contribution in [1.82, 2.24) is 9.55 Å². The lowest BCUT2D eigenvalue weighted by Crippen LogP contribution is -2.49. The third-order valence-corrected chi connectivity index (χ3v) is 5.92. The molecule has 3 N–H and O–H groups in total. The first kappa shape index (κ1) is 23.2. The Morgan fingerprint density at radius 1 is 1.09 bits per heavy atom. The number of hydrogen-bond acceptors (Lipinski definition) is 6. The normalized spacial score (nSPS) is 17.0. The largest absolute Gasteiger partial charge is 0.493 e. The summed E-state index contributed by atoms with van der Waals surface area (Å²) in [6.07, 6.45) is 6.53. The van der Waals surface area contributed by atoms with E-state index in [4.69, 9.17) is 9.47 Å². The molecule has 1 unspecified atom stereocenters. The first-order valence-corrected chi connectivity index (χ1v) is 11.1. The summed E-state index contributed by atoms with van der Waals surface area (Å²) in [6.45, 7) is 3.14. The SMILES string of the molecule is C[C@H](O)c1nccn1C(/C=C/c1ccc(-c2ccc(OCC3(CO)COC3)cc2)cc1)CO. The Kier molecular flexibility index (Phi) is 7.25. The number of aliphatic hydroxyl groups is 3. The second-order valence-electron chi connectivity index (χ2n) is 8.56. The van der Waals surface area contributed by atoms with Crippen molar-refractivity contribution in [3.8, 4) is 16.9 Å². The highest BCUT2D eigenvalue weighted by Crippen LogP contribution is 2.29. The maximum absolute atomic E-state index is 9.86. The number of ether oxygens (including phenoxy) is 2. The number of hydrogen-bond donors (Lipinski definition) is 3. The smallest absolute Gasteiger partial charge is 0.137 e. The highest BCUT2D eigenvalue weighted by molar-refractivity contribution is 5.66. The van der Waals surface area contributed by atoms with Gasteiger partial charge < -0.3 is 29.4 Å². The van der Waals surface area contributed by atoms with Crippen LogP contribution in [0.25, 0.3) is 17.2 Å². The number of aromatic nitrogens is 2. The van der Waals surface area contributed by atoms with Crippen molar-refractivity contribution in [3.63, 3.8) is 0 Å². The molecule has 1 aliphatic rings. The van der Waals surface area contributed by atoms with E-state index in [1.165, 1.54) is 0 Å². The van der Waals surface area contributed by atoms with Crippen molar-refractivity contribution in [2.75, 3.05) is 33.0 Å². The second kappa shape index (κ2) is 10.3. The minimum Gasteiger partial charge on any atom is -0.493 e. The van der Waals surface area contributed by atoms with Gasteiger partial charge >= 0.3 is 0 Å². The lowest BCUT2D eigenvalue weighted by molar-refractivity contribution is -0.153. The number of benzene rings is 2. The van der Waals surface area contributed by atoms with Crippen LogP contribution in [0.5, 0.6) is 5.75 Å². The van der Waals surface area contributed by atoms with E-state index < -0.39 is 6.10 Å². The van der Waals surface area contributed by atoms with Gasteiger partial charge in [-0.15, -0.1) is 0 Å². The molecule has 0 saturated carbocycles. The summed E-state index contributed by atoms with van der Waals surface area (Å²) in [7, 11) is 0. The summed E-state index contributed by atoms with van der Waals surface area (Å²) in [6, 6.07) is 15.7. The summed E-state index contributed by atoms with van der Waals surface area (Å²) < 4.78 is 12.8. The average molecular weight is 451 g/mol. The third-order valence-electron chi connectivity index (χ3n) is 5.92. The second-order valence-corrected chi connectivity index (χ2v) is 8.56. The van der Waals surface area contributed by atoms with Crippen LogP contribution in [-0.2, 0) is 4.74 Å². The first-order valence-electron chi connectivity index (χ1n) is 11.1. The van der Waals surface area contributed by atoms with Crippen LogP contribution in [0.3, 0.4) is 0 Å². The third kappa shape index (κ3) is 5.34. The molecule has 33 heavy (non-hydrogen) atoms. The Hall–Kier alpha value is -2.97. The van der Waals surface area contributed by atoms with Gasteiger partial charge in [-0.1, -0.05) is 48.6 Å². The number of imidazole rings is 1. The Bertz CT molecular complexity index is 1050. The Morgan fingerprint density at radius 3 is 2.30 bits per heavy atom. The number of aliphatic hydroxyl groups excluding tert-OH is 3. The lowest BCUT2D eigenvalue weighted by atomic mass is 9.88. The molecule has 1 saturated heterocycles. The zero-order chi connectivity index (χ0) is 23.3. The molecule has 2 heterocycles. The van der Waals surface area contributed by atoms with Crippen LogP contribution in [0.15, 0.2) is 67.0 Å². The summed E-state index contributed by atoms with van der Waals surface area (Å²) in [5.74, 6) is 1.29. The highest BCUT2D eigenvalue weighted by Gasteiger charge is 2.39. The zero-order valence-electron chi connectivity index (χ0n) is 18.7. The molecule has 7 heteroatoms. The van der Waals surface area contributed by atoms with E-state index in [-0.39, 0.29) is 24.7 Å². The maximum atomic E-state index is 9.86. The van der Waals surface area contributed by atoms with Crippen molar-refractivity contribution in [2.45, 2.75) is 19.1 Å². The molecule has 0 aliphatic carbocycles. The van der Waals surface area contributed by atoms with E-state index in [0.717, 1.165) is 22.4 Å². The van der Waals surface area contributed by atoms with E-state index in [2.05, 4.69) is 4.98 Å². The standard InChI is InChI=1S/C26H30N2O5/c1-19(31)25-27-12-13-28(25)23(14-29)9-4-20-2-5-21(6-3-20)22-7-10-24(11-8-22)33-18-26(15-30)16-32-17-26/h2-13,19,23,29-31H,14-18H2,1H3/b9-4+/t19-,23?/m0/s1. The van der Waals surface area contributed by atoms with Crippen molar-refractivity contribution in [3.05, 3.63) is 78.4 Å². The quantitative estimate of drug-likeness (QED) is 0.439. The molecule has 2 aromatic carbocycles. The summed E-state index contributed by atoms with van der Waals surface area (Å²) >= 11 is 0. The van der Waals surface area contributed by atoms with Crippen molar-refractivity contribution in [2.24, 2.45) is 5.41 Å². The van der Waals surface area contributed by atoms with Gasteiger partial charge in [-0.3, -0.25) is 0 Å². The molecule has 4 rings (SSSR count). The van der Waals surface area contributed by atoms with Gasteiger partial charge in [-0.25, -0.2) is 4.98 Å². The molecular formula is C26H30N2O5. The van der Waals surface area contributed by atoms with Gasteiger partial charge in [0, 0.05) is 12.4 Å². The van der Waals surface area contributed by atoms with E-state index in [0.29, 0.717) is 25.6 Å². The number of rotatable bonds is 10. The van der Waals surface area contributed by atoms with Crippen LogP contribution in [-0.4, -0.2) is 57.9 Å². The monoisotopic (exact) mass is 450 g/mol. The van der Waals surface area contributed by atoms with Crippen LogP contribution in [0.4, 0.5) is 0 Å². The Balaban J connectivity index is 1.39. The summed E-state index contributed by atoms with van der Waals surface area (Å²) in [5, 5.41) is 29.2. The summed E-state index contributed by atoms with van der Waals surface area (Å²) in [4.78, 5) is 4.17. The van der Waals surface area contributed by atoms with Crippen LogP contribution in [0.2, 0.25) is 0 Å². The molecule has 1 aromatic heterocycles. The maximum Gasteiger partial charge on any atom is 0.137 e. The summed E-state index contributed by atoms with van der Waals surface area (Å²) in [5.41, 5.74) is 2.90. The molecule has 0 bridgehead atoms. The molecule has 2 atom stereocenters. The topological polar surface area (TPSA) is 97.0 Å². The van der Waals surface area contributed by atoms with Crippen molar-refractivity contribution in [1.29, 1.82) is 0 Å². The highest BCUT2D eigenvalue weighted by atomic mass is 16.5. The van der Waals surface area contributed by atoms with Gasteiger partial charge in [-0.2, -0.15) is 0 Å². The molecule has 1 fully saturated rings. The van der Waals surface area contributed by atoms with Crippen LogP contribution < -0.4 is 4.74 Å². The van der Waals surface area contributed by atoms with Gasteiger partial charge in [0.05, 0.1) is 37.9 Å². The molecule has 3 aromatic rings. The van der Waals surface area contributed by atoms with E-state index in [9.17, 15) is 15.3 Å². The van der Waals surface area contributed by atoms with E-state index in [1.807, 2.05) is 60.7 Å². The Morgan fingerprint density at radius 2 is 1.76 bits per heavy atom. The minimum absolute atomic E-state index is 0.0645. The molecule has 7 nitrogen and oxygen atoms in total. The number of nitrogens with zero attached hydrogens (tertiary/aromatic N) is 2. The molecular weight excluding hydrogens is 420 g/mol. The minimum atomic E-state index is -0.707. The molecule has 0 radical (unpaired) electrons. The Labute approximate surface area is 193 Å². The van der Waals surface area contributed by atoms with Gasteiger partial charge in [0.15, 0.2) is 0 Å². The molecule has 0 spiro atoms. The zero-order valence-corrected chi connectivity index (χ0v) is 18.7. The fourth-order valence-corrected chi connectivity index (χ4v) is 3.77. The van der Waals surface area contributed by atoms with Crippen molar-refractivity contribution >= 4 is 6.08 Å².